The van der Waals surface area contributed by atoms with E-state index in [9.17, 15) is 13.9 Å². The highest BCUT2D eigenvalue weighted by atomic mass is 19.1. The summed E-state index contributed by atoms with van der Waals surface area (Å²) in [6.07, 6.45) is 0. The molecule has 0 atom stereocenters. The van der Waals surface area contributed by atoms with Crippen molar-refractivity contribution in [2.24, 2.45) is 0 Å². The zero-order valence-electron chi connectivity index (χ0n) is 9.61. The molecule has 0 amide bonds. The van der Waals surface area contributed by atoms with Gasteiger partial charge < -0.3 is 15.8 Å². The van der Waals surface area contributed by atoms with Crippen molar-refractivity contribution in [1.82, 2.24) is 9.97 Å². The van der Waals surface area contributed by atoms with Crippen molar-refractivity contribution in [1.29, 1.82) is 0 Å². The number of nitrogens with zero attached hydrogens (tertiary/aromatic N) is 1. The number of benzene rings is 2. The number of hydrogen-bond acceptors (Lipinski definition) is 3. The van der Waals surface area contributed by atoms with Crippen LogP contribution in [0.1, 0.15) is 0 Å². The number of phenolic OH excluding ortho intramolecular Hbond substituents is 1. The minimum absolute atomic E-state index is 0.0444. The molecule has 4 nitrogen and oxygen atoms in total. The number of nitrogen functional groups attached to an aromatic ring is 1. The van der Waals surface area contributed by atoms with E-state index < -0.39 is 11.6 Å². The van der Waals surface area contributed by atoms with Crippen molar-refractivity contribution < 1.29 is 13.9 Å². The molecule has 4 N–H and O–H groups in total. The highest BCUT2D eigenvalue weighted by molar-refractivity contribution is 5.80. The third-order valence-corrected chi connectivity index (χ3v) is 2.81. The lowest BCUT2D eigenvalue weighted by atomic mass is 10.2. The first-order valence-electron chi connectivity index (χ1n) is 5.48. The van der Waals surface area contributed by atoms with Crippen LogP contribution in [0.25, 0.3) is 22.4 Å². The molecule has 1 heterocycles. The van der Waals surface area contributed by atoms with Gasteiger partial charge in [0.25, 0.3) is 0 Å². The van der Waals surface area contributed by atoms with E-state index in [4.69, 9.17) is 5.73 Å². The number of nitrogens with one attached hydrogen (secondary N) is 1. The minimum Gasteiger partial charge on any atom is -0.506 e. The number of halogens is 2. The van der Waals surface area contributed by atoms with Crippen LogP contribution in [0.4, 0.5) is 14.5 Å². The first-order chi connectivity index (χ1) is 9.04. The molecule has 0 saturated carbocycles. The predicted molar refractivity (Wildman–Crippen MR) is 67.5 cm³/mol. The molecule has 3 rings (SSSR count). The average Bonchev–Trinajstić information content (AvgIpc) is 2.76. The van der Waals surface area contributed by atoms with E-state index in [0.717, 1.165) is 6.07 Å². The van der Waals surface area contributed by atoms with Gasteiger partial charge in [0.15, 0.2) is 5.82 Å². The summed E-state index contributed by atoms with van der Waals surface area (Å²) in [6, 6.07) is 6.44. The van der Waals surface area contributed by atoms with E-state index in [2.05, 4.69) is 9.97 Å². The van der Waals surface area contributed by atoms with Crippen LogP contribution in [0.5, 0.6) is 5.75 Å². The molecule has 0 saturated heterocycles. The third kappa shape index (κ3) is 1.87. The fourth-order valence-electron chi connectivity index (χ4n) is 1.88. The average molecular weight is 261 g/mol. The highest BCUT2D eigenvalue weighted by Crippen LogP contribution is 2.28. The lowest BCUT2D eigenvalue weighted by Crippen LogP contribution is -1.87. The summed E-state index contributed by atoms with van der Waals surface area (Å²) in [6.45, 7) is 0. The van der Waals surface area contributed by atoms with Crippen LogP contribution < -0.4 is 5.73 Å². The Balaban J connectivity index is 2.20. The number of fused-ring (bicyclic) bond motifs is 1. The fraction of sp³-hybridized carbons (Fsp3) is 0. The largest absolute Gasteiger partial charge is 0.506 e. The first-order valence-corrected chi connectivity index (χ1v) is 5.48. The second-order valence-corrected chi connectivity index (χ2v) is 4.14. The van der Waals surface area contributed by atoms with Crippen LogP contribution in [0.2, 0.25) is 0 Å². The Morgan fingerprint density at radius 2 is 1.95 bits per heavy atom. The maximum atomic E-state index is 13.5. The lowest BCUT2D eigenvalue weighted by Gasteiger charge is -2.00. The summed E-state index contributed by atoms with van der Waals surface area (Å²) in [5.74, 6) is -1.10. The van der Waals surface area contributed by atoms with Crippen molar-refractivity contribution in [3.05, 3.63) is 42.0 Å². The van der Waals surface area contributed by atoms with Gasteiger partial charge in [-0.05, 0) is 24.3 Å². The molecule has 0 unspecified atom stereocenters. The van der Waals surface area contributed by atoms with Crippen LogP contribution >= 0.6 is 0 Å². The summed E-state index contributed by atoms with van der Waals surface area (Å²) in [4.78, 5) is 6.87. The van der Waals surface area contributed by atoms with Gasteiger partial charge in [-0.15, -0.1) is 0 Å². The van der Waals surface area contributed by atoms with Crippen molar-refractivity contribution in [2.45, 2.75) is 0 Å². The maximum Gasteiger partial charge on any atom is 0.153 e. The van der Waals surface area contributed by atoms with Gasteiger partial charge in [-0.2, -0.15) is 0 Å². The Kier molecular flexibility index (Phi) is 2.38. The molecule has 0 radical (unpaired) electrons. The molecule has 3 aromatic rings. The van der Waals surface area contributed by atoms with Gasteiger partial charge in [0, 0.05) is 11.6 Å². The van der Waals surface area contributed by atoms with Crippen molar-refractivity contribution >= 4 is 16.7 Å². The molecule has 96 valence electrons. The maximum absolute atomic E-state index is 13.5. The van der Waals surface area contributed by atoms with Crippen LogP contribution in [-0.4, -0.2) is 15.1 Å². The summed E-state index contributed by atoms with van der Waals surface area (Å²) in [7, 11) is 0. The van der Waals surface area contributed by atoms with E-state index in [0.29, 0.717) is 11.4 Å². The molecule has 2 aromatic carbocycles. The first kappa shape index (κ1) is 11.5. The third-order valence-electron chi connectivity index (χ3n) is 2.81. The van der Waals surface area contributed by atoms with Crippen LogP contribution in [0.3, 0.4) is 0 Å². The zero-order valence-corrected chi connectivity index (χ0v) is 9.61. The number of phenols is 1. The Labute approximate surface area is 106 Å². The molecular weight excluding hydrogens is 252 g/mol. The Morgan fingerprint density at radius 1 is 1.16 bits per heavy atom. The van der Waals surface area contributed by atoms with Crippen LogP contribution in [0, 0.1) is 11.6 Å². The highest BCUT2D eigenvalue weighted by Gasteiger charge is 2.11. The van der Waals surface area contributed by atoms with Gasteiger partial charge in [-0.3, -0.25) is 0 Å². The number of nitrogens with two attached hydrogens (primary N) is 1. The van der Waals surface area contributed by atoms with Crippen molar-refractivity contribution in [3.63, 3.8) is 0 Å². The van der Waals surface area contributed by atoms with E-state index in [1.807, 2.05) is 0 Å². The molecule has 0 spiro atoms. The Hall–Kier alpha value is -2.63. The molecule has 19 heavy (non-hydrogen) atoms. The predicted octanol–water partition coefficient (Wildman–Crippen LogP) is 2.80. The fourth-order valence-corrected chi connectivity index (χ4v) is 1.88. The van der Waals surface area contributed by atoms with E-state index in [1.54, 1.807) is 6.07 Å². The lowest BCUT2D eigenvalue weighted by molar-refractivity contribution is 0.478. The normalized spacial score (nSPS) is 11.1. The number of anilines is 1. The molecule has 0 bridgehead atoms. The number of aromatic nitrogens is 2. The Morgan fingerprint density at radius 3 is 2.68 bits per heavy atom. The molecule has 0 aliphatic carbocycles. The number of aromatic hydroxyl groups is 1. The van der Waals surface area contributed by atoms with Gasteiger partial charge in [0.2, 0.25) is 0 Å². The van der Waals surface area contributed by atoms with Crippen molar-refractivity contribution in [2.75, 3.05) is 5.73 Å². The van der Waals surface area contributed by atoms with Gasteiger partial charge in [0.05, 0.1) is 11.2 Å². The number of hydrogen-bond donors (Lipinski definition) is 3. The van der Waals surface area contributed by atoms with Crippen molar-refractivity contribution in [3.8, 4) is 17.1 Å². The topological polar surface area (TPSA) is 74.9 Å². The van der Waals surface area contributed by atoms with Gasteiger partial charge in [0.1, 0.15) is 22.9 Å². The number of rotatable bonds is 1. The van der Waals surface area contributed by atoms with Gasteiger partial charge in [-0.1, -0.05) is 0 Å². The smallest absolute Gasteiger partial charge is 0.153 e. The minimum atomic E-state index is -0.732. The van der Waals surface area contributed by atoms with Gasteiger partial charge in [-0.25, -0.2) is 13.8 Å². The molecule has 0 fully saturated rings. The second-order valence-electron chi connectivity index (χ2n) is 4.14. The molecule has 0 aliphatic rings. The zero-order chi connectivity index (χ0) is 13.6. The molecule has 6 heteroatoms. The number of H-pyrrole nitrogens is 1. The van der Waals surface area contributed by atoms with E-state index in [1.165, 1.54) is 18.2 Å². The SMILES string of the molecule is Nc1cc(-c2nc3c(F)cc(F)cc3[nH]2)ccc1O. The summed E-state index contributed by atoms with van der Waals surface area (Å²) in [5.41, 5.74) is 6.66. The van der Waals surface area contributed by atoms with Gasteiger partial charge >= 0.3 is 0 Å². The standard InChI is InChI=1S/C13H9F2N3O/c14-7-4-8(15)12-10(5-7)17-13(18-12)6-1-2-11(19)9(16)3-6/h1-5,19H,16H2,(H,17,18). The number of aromatic amines is 1. The number of imidazole rings is 1. The summed E-state index contributed by atoms with van der Waals surface area (Å²) < 4.78 is 26.6. The van der Waals surface area contributed by atoms with Crippen LogP contribution in [-0.2, 0) is 0 Å². The Bertz CT molecular complexity index is 783. The summed E-state index contributed by atoms with van der Waals surface area (Å²) >= 11 is 0. The summed E-state index contributed by atoms with van der Waals surface area (Å²) in [5, 5.41) is 9.35. The quantitative estimate of drug-likeness (QED) is 0.465. The van der Waals surface area contributed by atoms with E-state index >= 15 is 0 Å². The molecule has 0 aliphatic heterocycles. The molecule has 1 aromatic heterocycles. The second kappa shape index (κ2) is 3.94. The van der Waals surface area contributed by atoms with E-state index in [-0.39, 0.29) is 22.5 Å². The monoisotopic (exact) mass is 261 g/mol. The van der Waals surface area contributed by atoms with Crippen LogP contribution in [0.15, 0.2) is 30.3 Å². The molecular formula is C13H9F2N3O.